The average molecular weight is 425 g/mol. The number of H-pyrrole nitrogens is 1. The number of nitrogens with zero attached hydrogens (tertiary/aromatic N) is 3. The molecule has 0 aliphatic carbocycles. The topological polar surface area (TPSA) is 114 Å². The van der Waals surface area contributed by atoms with Crippen LogP contribution in [0.15, 0.2) is 12.7 Å². The number of nitrogens with one attached hydrogen (secondary N) is 3. The van der Waals surface area contributed by atoms with Crippen molar-refractivity contribution in [1.29, 1.82) is 0 Å². The first-order valence-electron chi connectivity index (χ1n) is 8.66. The molecule has 1 unspecified atom stereocenters. The number of methoxy groups -OCH3 is 1. The summed E-state index contributed by atoms with van der Waals surface area (Å²) < 4.78 is 6.89. The zero-order valence-corrected chi connectivity index (χ0v) is 17.9. The molecule has 0 bridgehead atoms. The first kappa shape index (κ1) is 21.8. The van der Waals surface area contributed by atoms with Crippen LogP contribution in [0.2, 0.25) is 0 Å². The molecule has 2 amide bonds. The molecule has 0 saturated carbocycles. The molecular formula is C17H24N6O3S2. The van der Waals surface area contributed by atoms with Crippen molar-refractivity contribution in [2.24, 2.45) is 5.92 Å². The number of aryl methyl sites for hydroxylation is 1. The van der Waals surface area contributed by atoms with Crippen LogP contribution in [0.4, 0.5) is 9.93 Å². The number of thiazole rings is 1. The van der Waals surface area contributed by atoms with Gasteiger partial charge in [0.2, 0.25) is 5.91 Å². The molecule has 2 heterocycles. The number of anilines is 1. The van der Waals surface area contributed by atoms with Gasteiger partial charge in [-0.15, -0.1) is 6.58 Å². The predicted molar refractivity (Wildman–Crippen MR) is 111 cm³/mol. The minimum Gasteiger partial charge on any atom is -0.453 e. The second kappa shape index (κ2) is 9.60. The molecule has 11 heteroatoms. The summed E-state index contributed by atoms with van der Waals surface area (Å²) in [5.74, 6) is 0.477. The predicted octanol–water partition coefficient (Wildman–Crippen LogP) is 3.27. The Balaban J connectivity index is 2.24. The maximum Gasteiger partial charge on any atom is 0.407 e. The number of amides is 2. The van der Waals surface area contributed by atoms with Crippen molar-refractivity contribution in [1.82, 2.24) is 25.1 Å². The van der Waals surface area contributed by atoms with Crippen LogP contribution in [0.5, 0.6) is 0 Å². The minimum absolute atomic E-state index is 0.203. The highest BCUT2D eigenvalue weighted by Gasteiger charge is 2.24. The summed E-state index contributed by atoms with van der Waals surface area (Å²) in [6.07, 6.45) is 1.54. The Morgan fingerprint density at radius 1 is 1.46 bits per heavy atom. The van der Waals surface area contributed by atoms with E-state index in [1.807, 2.05) is 20.8 Å². The third kappa shape index (κ3) is 5.26. The van der Waals surface area contributed by atoms with Gasteiger partial charge in [0.05, 0.1) is 17.7 Å². The Labute approximate surface area is 172 Å². The minimum atomic E-state index is -0.726. The number of carbonyl (C=O) groups excluding carboxylic acids is 2. The summed E-state index contributed by atoms with van der Waals surface area (Å²) in [6, 6.07) is -0.726. The van der Waals surface area contributed by atoms with E-state index in [1.54, 1.807) is 10.6 Å². The number of alkyl carbamates (subject to hydrolysis) is 1. The molecule has 0 aliphatic rings. The van der Waals surface area contributed by atoms with E-state index in [-0.39, 0.29) is 11.8 Å². The normalized spacial score (nSPS) is 11.9. The van der Waals surface area contributed by atoms with Gasteiger partial charge in [-0.25, -0.2) is 9.78 Å². The summed E-state index contributed by atoms with van der Waals surface area (Å²) >= 11 is 6.53. The monoisotopic (exact) mass is 424 g/mol. The molecule has 1 atom stereocenters. The SMILES string of the molecule is C=CCn1c(-c2sc(NC(=O)C(CC(C)C)NC(=O)OC)nc2C)n[nH]c1=S. The standard InChI is InChI=1S/C17H24N6O3S2/c1-6-7-23-13(21-22-16(23)27)12-10(4)18-15(28-12)20-14(24)11(8-9(2)3)19-17(25)26-5/h6,9,11H,1,7-8H2,2-5H3,(H,19,25)(H,22,27)(H,18,20,24). The molecule has 9 nitrogen and oxygen atoms in total. The van der Waals surface area contributed by atoms with Crippen molar-refractivity contribution in [2.45, 2.75) is 39.8 Å². The fourth-order valence-corrected chi connectivity index (χ4v) is 3.72. The van der Waals surface area contributed by atoms with Gasteiger partial charge >= 0.3 is 6.09 Å². The van der Waals surface area contributed by atoms with Crippen LogP contribution in [-0.4, -0.2) is 44.9 Å². The van der Waals surface area contributed by atoms with E-state index < -0.39 is 12.1 Å². The van der Waals surface area contributed by atoms with E-state index in [4.69, 9.17) is 12.2 Å². The van der Waals surface area contributed by atoms with Crippen molar-refractivity contribution in [2.75, 3.05) is 12.4 Å². The number of ether oxygens (including phenoxy) is 1. The molecule has 0 fully saturated rings. The van der Waals surface area contributed by atoms with Crippen molar-refractivity contribution >= 4 is 40.7 Å². The molecule has 28 heavy (non-hydrogen) atoms. The quantitative estimate of drug-likeness (QED) is 0.443. The lowest BCUT2D eigenvalue weighted by molar-refractivity contribution is -0.118. The molecule has 0 radical (unpaired) electrons. The summed E-state index contributed by atoms with van der Waals surface area (Å²) in [7, 11) is 1.26. The smallest absolute Gasteiger partial charge is 0.407 e. The van der Waals surface area contributed by atoms with E-state index in [0.717, 1.165) is 4.88 Å². The maximum atomic E-state index is 12.7. The van der Waals surface area contributed by atoms with Crippen LogP contribution in [0.25, 0.3) is 10.7 Å². The zero-order chi connectivity index (χ0) is 20.8. The van der Waals surface area contributed by atoms with Gasteiger partial charge in [0.1, 0.15) is 6.04 Å². The van der Waals surface area contributed by atoms with Gasteiger partial charge in [-0.3, -0.25) is 14.5 Å². The van der Waals surface area contributed by atoms with Crippen LogP contribution in [0, 0.1) is 17.6 Å². The molecule has 0 aliphatic heterocycles. The second-order valence-corrected chi connectivity index (χ2v) is 7.88. The van der Waals surface area contributed by atoms with Crippen molar-refractivity contribution in [3.05, 3.63) is 23.1 Å². The third-order valence-electron chi connectivity index (χ3n) is 3.80. The molecule has 0 saturated heterocycles. The van der Waals surface area contributed by atoms with Gasteiger partial charge in [0, 0.05) is 6.54 Å². The summed E-state index contributed by atoms with van der Waals surface area (Å²) in [5, 5.41) is 12.8. The van der Waals surface area contributed by atoms with E-state index >= 15 is 0 Å². The first-order chi connectivity index (χ1) is 13.3. The molecule has 2 aromatic heterocycles. The van der Waals surface area contributed by atoms with Crippen molar-refractivity contribution in [3.8, 4) is 10.7 Å². The number of aromatic amines is 1. The van der Waals surface area contributed by atoms with E-state index in [9.17, 15) is 9.59 Å². The third-order valence-corrected chi connectivity index (χ3v) is 5.18. The van der Waals surface area contributed by atoms with Gasteiger partial charge in [-0.1, -0.05) is 31.3 Å². The molecule has 0 aromatic carbocycles. The Morgan fingerprint density at radius 2 is 2.18 bits per heavy atom. The van der Waals surface area contributed by atoms with Gasteiger partial charge in [-0.05, 0) is 31.5 Å². The fraction of sp³-hybridized carbons (Fsp3) is 0.471. The Kier molecular flexibility index (Phi) is 7.46. The second-order valence-electron chi connectivity index (χ2n) is 6.49. The summed E-state index contributed by atoms with van der Waals surface area (Å²) in [5.41, 5.74) is 0.709. The fourth-order valence-electron chi connectivity index (χ4n) is 2.54. The number of aromatic nitrogens is 4. The zero-order valence-electron chi connectivity index (χ0n) is 16.2. The molecule has 2 aromatic rings. The first-order valence-corrected chi connectivity index (χ1v) is 9.88. The number of rotatable bonds is 8. The maximum absolute atomic E-state index is 12.7. The highest BCUT2D eigenvalue weighted by atomic mass is 32.1. The van der Waals surface area contributed by atoms with Gasteiger partial charge < -0.3 is 15.4 Å². The molecule has 2 rings (SSSR count). The van der Waals surface area contributed by atoms with Gasteiger partial charge in [0.15, 0.2) is 15.7 Å². The van der Waals surface area contributed by atoms with Crippen LogP contribution in [-0.2, 0) is 16.1 Å². The van der Waals surface area contributed by atoms with Crippen LogP contribution in [0.3, 0.4) is 0 Å². The lowest BCUT2D eigenvalue weighted by Crippen LogP contribution is -2.44. The van der Waals surface area contributed by atoms with Crippen molar-refractivity contribution < 1.29 is 14.3 Å². The number of hydrogen-bond acceptors (Lipinski definition) is 7. The molecular weight excluding hydrogens is 400 g/mol. The van der Waals surface area contributed by atoms with E-state index in [1.165, 1.54) is 18.4 Å². The lowest BCUT2D eigenvalue weighted by Gasteiger charge is -2.18. The average Bonchev–Trinajstić information content (AvgIpc) is 3.16. The van der Waals surface area contributed by atoms with Gasteiger partial charge in [-0.2, -0.15) is 5.10 Å². The number of carbonyl (C=O) groups is 2. The Morgan fingerprint density at radius 3 is 2.79 bits per heavy atom. The number of allylic oxidation sites excluding steroid dienone is 1. The molecule has 0 spiro atoms. The van der Waals surface area contributed by atoms with Crippen LogP contribution >= 0.6 is 23.6 Å². The Hall–Kier alpha value is -2.53. The molecule has 152 valence electrons. The highest BCUT2D eigenvalue weighted by Crippen LogP contribution is 2.31. The summed E-state index contributed by atoms with van der Waals surface area (Å²) in [6.45, 7) is 9.99. The van der Waals surface area contributed by atoms with Crippen LogP contribution in [0.1, 0.15) is 26.0 Å². The van der Waals surface area contributed by atoms with Crippen molar-refractivity contribution in [3.63, 3.8) is 0 Å². The largest absolute Gasteiger partial charge is 0.453 e. The Bertz CT molecular complexity index is 914. The summed E-state index contributed by atoms with van der Waals surface area (Å²) in [4.78, 5) is 29.4. The molecule has 3 N–H and O–H groups in total. The highest BCUT2D eigenvalue weighted by molar-refractivity contribution is 7.71. The van der Waals surface area contributed by atoms with E-state index in [0.29, 0.717) is 34.4 Å². The number of hydrogen-bond donors (Lipinski definition) is 3. The lowest BCUT2D eigenvalue weighted by atomic mass is 10.0. The van der Waals surface area contributed by atoms with Gasteiger partial charge in [0.25, 0.3) is 0 Å². The van der Waals surface area contributed by atoms with E-state index in [2.05, 4.69) is 37.1 Å². The van der Waals surface area contributed by atoms with Crippen LogP contribution < -0.4 is 10.6 Å².